The maximum Gasteiger partial charge on any atom is 0.370 e. The smallest absolute Gasteiger partial charge is 0.339 e. The topological polar surface area (TPSA) is 124 Å². The number of H-pyrrole nitrogens is 2. The first-order valence-electron chi connectivity index (χ1n) is 8.91. The largest absolute Gasteiger partial charge is 0.370 e. The van der Waals surface area contributed by atoms with Crippen LogP contribution in [0.3, 0.4) is 0 Å². The Morgan fingerprint density at radius 1 is 0.967 bits per heavy atom. The van der Waals surface area contributed by atoms with E-state index in [0.717, 1.165) is 6.92 Å². The fourth-order valence-electron chi connectivity index (χ4n) is 2.84. The van der Waals surface area contributed by atoms with Crippen LogP contribution in [-0.4, -0.2) is 31.9 Å². The van der Waals surface area contributed by atoms with E-state index in [2.05, 4.69) is 19.9 Å². The van der Waals surface area contributed by atoms with Gasteiger partial charge >= 0.3 is 12.0 Å². The normalized spacial score (nSPS) is 10.6. The predicted octanol–water partition coefficient (Wildman–Crippen LogP) is 2.89. The van der Waals surface area contributed by atoms with E-state index in [1.165, 1.54) is 11.2 Å². The number of nitrogens with zero attached hydrogens (tertiary/aromatic N) is 4. The van der Waals surface area contributed by atoms with E-state index in [-0.39, 0.29) is 17.1 Å². The number of aromatic nitrogens is 4. The van der Waals surface area contributed by atoms with Gasteiger partial charge in [-0.15, -0.1) is 0 Å². The number of fused-ring (bicyclic) bond motifs is 1. The molecule has 2 aromatic carbocycles. The first-order chi connectivity index (χ1) is 14.5. The Labute approximate surface area is 169 Å². The molecule has 0 atom stereocenters. The predicted molar refractivity (Wildman–Crippen MR) is 109 cm³/mol. The lowest BCUT2D eigenvalue weighted by atomic mass is 10.2. The zero-order chi connectivity index (χ0) is 21.1. The molecule has 0 aliphatic heterocycles. The highest BCUT2D eigenvalue weighted by molar-refractivity contribution is 6.07. The second-order valence-electron chi connectivity index (χ2n) is 6.16. The van der Waals surface area contributed by atoms with Crippen LogP contribution in [0.25, 0.3) is 11.2 Å². The molecule has 4 aromatic rings. The highest BCUT2D eigenvalue weighted by Gasteiger charge is 2.30. The van der Waals surface area contributed by atoms with E-state index in [0.29, 0.717) is 16.4 Å². The van der Waals surface area contributed by atoms with Crippen molar-refractivity contribution in [1.29, 1.82) is 0 Å². The first-order valence-corrected chi connectivity index (χ1v) is 8.91. The van der Waals surface area contributed by atoms with Crippen LogP contribution in [-0.2, 0) is 9.63 Å². The third-order valence-corrected chi connectivity index (χ3v) is 4.09. The van der Waals surface area contributed by atoms with Gasteiger partial charge in [0.25, 0.3) is 11.5 Å². The van der Waals surface area contributed by atoms with Crippen LogP contribution in [0.5, 0.6) is 0 Å². The average Bonchev–Trinajstić information content (AvgIpc) is 3.23. The van der Waals surface area contributed by atoms with Crippen molar-refractivity contribution in [2.45, 2.75) is 6.92 Å². The van der Waals surface area contributed by atoms with Crippen LogP contribution < -0.4 is 15.5 Å². The first kappa shape index (κ1) is 18.9. The number of hydrogen-bond donors (Lipinski definition) is 2. The van der Waals surface area contributed by atoms with Gasteiger partial charge in [-0.25, -0.2) is 14.6 Å². The molecule has 150 valence electrons. The number of rotatable bonds is 3. The van der Waals surface area contributed by atoms with Crippen molar-refractivity contribution < 1.29 is 14.4 Å². The minimum atomic E-state index is -0.769. The number of urea groups is 1. The van der Waals surface area contributed by atoms with E-state index >= 15 is 0 Å². The summed E-state index contributed by atoms with van der Waals surface area (Å²) in [4.78, 5) is 57.3. The van der Waals surface area contributed by atoms with Gasteiger partial charge in [-0.2, -0.15) is 4.98 Å². The number of amides is 2. The van der Waals surface area contributed by atoms with Gasteiger partial charge in [-0.3, -0.25) is 14.7 Å². The Hall–Kier alpha value is -4.47. The van der Waals surface area contributed by atoms with Crippen molar-refractivity contribution in [3.05, 3.63) is 77.3 Å². The molecule has 0 bridgehead atoms. The summed E-state index contributed by atoms with van der Waals surface area (Å²) in [7, 11) is 0. The van der Waals surface area contributed by atoms with Crippen LogP contribution in [0.4, 0.5) is 22.1 Å². The molecular weight excluding hydrogens is 388 g/mol. The third-order valence-electron chi connectivity index (χ3n) is 4.09. The van der Waals surface area contributed by atoms with E-state index in [4.69, 9.17) is 4.84 Å². The van der Waals surface area contributed by atoms with Crippen LogP contribution in [0.2, 0.25) is 0 Å². The van der Waals surface area contributed by atoms with Crippen molar-refractivity contribution >= 4 is 40.5 Å². The van der Waals surface area contributed by atoms with Gasteiger partial charge in [0, 0.05) is 6.92 Å². The van der Waals surface area contributed by atoms with Crippen molar-refractivity contribution in [3.63, 3.8) is 0 Å². The molecule has 10 nitrogen and oxygen atoms in total. The summed E-state index contributed by atoms with van der Waals surface area (Å²) in [5, 5.41) is 0.637. The number of hydrogen-bond acceptors (Lipinski definition) is 6. The van der Waals surface area contributed by atoms with Gasteiger partial charge in [0.05, 0.1) is 17.7 Å². The minimum Gasteiger partial charge on any atom is -0.339 e. The minimum absolute atomic E-state index is 0.0738. The van der Waals surface area contributed by atoms with Gasteiger partial charge in [-0.1, -0.05) is 41.5 Å². The molecule has 0 saturated carbocycles. The highest BCUT2D eigenvalue weighted by atomic mass is 16.7. The summed E-state index contributed by atoms with van der Waals surface area (Å²) < 4.78 is 0. The van der Waals surface area contributed by atoms with Crippen LogP contribution in [0.15, 0.2) is 71.8 Å². The molecule has 0 unspecified atom stereocenters. The standard InChI is InChI=1S/C20H16N6O4/c1-13(27)30-26(19-23-17-16(18(28)24-19)21-12-22-17)20(29)25(14-8-4-2-5-9-14)15-10-6-3-7-11-15/h2-12H,1H3,(H2,21,22,23,24,28). The zero-order valence-corrected chi connectivity index (χ0v) is 15.8. The lowest BCUT2D eigenvalue weighted by molar-refractivity contribution is -0.141. The lowest BCUT2D eigenvalue weighted by Gasteiger charge is -2.28. The van der Waals surface area contributed by atoms with Gasteiger partial charge in [0.15, 0.2) is 11.2 Å². The van der Waals surface area contributed by atoms with Gasteiger partial charge in [0.1, 0.15) is 0 Å². The van der Waals surface area contributed by atoms with Crippen molar-refractivity contribution in [2.75, 3.05) is 9.96 Å². The Morgan fingerprint density at radius 2 is 1.57 bits per heavy atom. The monoisotopic (exact) mass is 404 g/mol. The van der Waals surface area contributed by atoms with Crippen molar-refractivity contribution in [1.82, 2.24) is 19.9 Å². The number of aromatic amines is 2. The van der Waals surface area contributed by atoms with Gasteiger partial charge < -0.3 is 9.82 Å². The number of para-hydroxylation sites is 2. The van der Waals surface area contributed by atoms with E-state index < -0.39 is 17.6 Å². The van der Waals surface area contributed by atoms with Crippen LogP contribution in [0.1, 0.15) is 6.92 Å². The molecule has 2 aromatic heterocycles. The quantitative estimate of drug-likeness (QED) is 0.506. The summed E-state index contributed by atoms with van der Waals surface area (Å²) >= 11 is 0. The molecule has 10 heteroatoms. The van der Waals surface area contributed by atoms with E-state index in [1.54, 1.807) is 48.5 Å². The summed E-state index contributed by atoms with van der Waals surface area (Å²) in [6, 6.07) is 16.8. The molecule has 2 N–H and O–H groups in total. The van der Waals surface area contributed by atoms with Gasteiger partial charge in [-0.05, 0) is 24.3 Å². The number of hydroxylamine groups is 1. The van der Waals surface area contributed by atoms with E-state index in [9.17, 15) is 14.4 Å². The fourth-order valence-corrected chi connectivity index (χ4v) is 2.84. The molecule has 0 fully saturated rings. The number of anilines is 3. The Balaban J connectivity index is 1.84. The second kappa shape index (κ2) is 7.87. The molecule has 2 heterocycles. The Kier molecular flexibility index (Phi) is 4.95. The molecule has 0 aliphatic carbocycles. The van der Waals surface area contributed by atoms with Crippen LogP contribution in [0, 0.1) is 0 Å². The number of carbonyl (C=O) groups excluding carboxylic acids is 2. The number of benzene rings is 2. The zero-order valence-electron chi connectivity index (χ0n) is 15.8. The summed E-state index contributed by atoms with van der Waals surface area (Å²) in [5.74, 6) is -1.05. The van der Waals surface area contributed by atoms with Gasteiger partial charge in [0.2, 0.25) is 0 Å². The fraction of sp³-hybridized carbons (Fsp3) is 0.0500. The lowest BCUT2D eigenvalue weighted by Crippen LogP contribution is -2.43. The summed E-state index contributed by atoms with van der Waals surface area (Å²) in [6.07, 6.45) is 1.30. The average molecular weight is 404 g/mol. The number of carbonyl (C=O) groups is 2. The Morgan fingerprint density at radius 3 is 2.13 bits per heavy atom. The summed E-state index contributed by atoms with van der Waals surface area (Å²) in [5.41, 5.74) is 0.688. The van der Waals surface area contributed by atoms with Crippen molar-refractivity contribution in [2.24, 2.45) is 0 Å². The second-order valence-corrected chi connectivity index (χ2v) is 6.16. The molecule has 0 saturated heterocycles. The molecule has 0 radical (unpaired) electrons. The van der Waals surface area contributed by atoms with E-state index in [1.807, 2.05) is 12.1 Å². The maximum atomic E-state index is 13.6. The van der Waals surface area contributed by atoms with Crippen molar-refractivity contribution in [3.8, 4) is 0 Å². The number of imidazole rings is 1. The highest BCUT2D eigenvalue weighted by Crippen LogP contribution is 2.27. The Bertz CT molecular complexity index is 1210. The molecule has 0 aliphatic rings. The molecule has 30 heavy (non-hydrogen) atoms. The molecule has 2 amide bonds. The SMILES string of the molecule is CC(=O)ON(C(=O)N(c1ccccc1)c1ccccc1)c1nc2nc[nH]c2c(=O)[nH]1. The summed E-state index contributed by atoms with van der Waals surface area (Å²) in [6.45, 7) is 1.14. The number of nitrogens with one attached hydrogen (secondary N) is 2. The molecule has 0 spiro atoms. The molecular formula is C20H16N6O4. The maximum absolute atomic E-state index is 13.6. The van der Waals surface area contributed by atoms with Crippen LogP contribution >= 0.6 is 0 Å². The molecule has 4 rings (SSSR count). The third kappa shape index (κ3) is 3.61.